The standard InChI is InChI=1S/C14H14INO3/c15-9-3-5-10(6-4-9)16-13(17)8-11(14(16)18)12-2-1-7-19-12/h3-6,11-12H,1-2,7-8H2. The van der Waals surface area contributed by atoms with Gasteiger partial charge < -0.3 is 4.74 Å². The minimum atomic E-state index is -0.297. The number of hydrogen-bond donors (Lipinski definition) is 0. The number of nitrogens with zero attached hydrogens (tertiary/aromatic N) is 1. The molecule has 2 amide bonds. The van der Waals surface area contributed by atoms with Gasteiger partial charge in [0.25, 0.3) is 0 Å². The lowest BCUT2D eigenvalue weighted by Gasteiger charge is -2.17. The lowest BCUT2D eigenvalue weighted by Crippen LogP contribution is -2.33. The number of benzene rings is 1. The fourth-order valence-electron chi connectivity index (χ4n) is 2.73. The second-order valence-electron chi connectivity index (χ2n) is 4.91. The quantitative estimate of drug-likeness (QED) is 0.592. The van der Waals surface area contributed by atoms with Gasteiger partial charge in [-0.3, -0.25) is 14.5 Å². The second-order valence-corrected chi connectivity index (χ2v) is 6.15. The van der Waals surface area contributed by atoms with Gasteiger partial charge in [0.15, 0.2) is 0 Å². The van der Waals surface area contributed by atoms with E-state index in [2.05, 4.69) is 22.6 Å². The van der Waals surface area contributed by atoms with E-state index in [0.717, 1.165) is 16.4 Å². The first-order valence-corrected chi connectivity index (χ1v) is 7.48. The fourth-order valence-corrected chi connectivity index (χ4v) is 3.09. The summed E-state index contributed by atoms with van der Waals surface area (Å²) in [7, 11) is 0. The number of amides is 2. The topological polar surface area (TPSA) is 46.6 Å². The predicted molar refractivity (Wildman–Crippen MR) is 78.7 cm³/mol. The molecule has 1 aromatic carbocycles. The Kier molecular flexibility index (Phi) is 3.58. The first-order valence-electron chi connectivity index (χ1n) is 6.41. The molecule has 2 unspecified atom stereocenters. The fraction of sp³-hybridized carbons (Fsp3) is 0.429. The molecule has 0 aromatic heterocycles. The maximum Gasteiger partial charge on any atom is 0.240 e. The summed E-state index contributed by atoms with van der Waals surface area (Å²) in [5.74, 6) is -0.529. The van der Waals surface area contributed by atoms with Crippen LogP contribution in [0.3, 0.4) is 0 Å². The average molecular weight is 371 g/mol. The predicted octanol–water partition coefficient (Wildman–Crippen LogP) is 2.35. The molecule has 0 N–H and O–H groups in total. The number of hydrogen-bond acceptors (Lipinski definition) is 3. The van der Waals surface area contributed by atoms with Crippen molar-refractivity contribution in [3.05, 3.63) is 27.8 Å². The molecule has 4 nitrogen and oxygen atoms in total. The second kappa shape index (κ2) is 5.20. The zero-order valence-corrected chi connectivity index (χ0v) is 12.5. The van der Waals surface area contributed by atoms with Crippen LogP contribution in [-0.2, 0) is 14.3 Å². The lowest BCUT2D eigenvalue weighted by molar-refractivity contribution is -0.124. The van der Waals surface area contributed by atoms with Crippen LogP contribution >= 0.6 is 22.6 Å². The van der Waals surface area contributed by atoms with Crippen LogP contribution in [0.5, 0.6) is 0 Å². The van der Waals surface area contributed by atoms with E-state index in [-0.39, 0.29) is 30.3 Å². The first kappa shape index (κ1) is 13.1. The zero-order chi connectivity index (χ0) is 13.4. The molecule has 2 atom stereocenters. The van der Waals surface area contributed by atoms with Crippen molar-refractivity contribution < 1.29 is 14.3 Å². The molecular formula is C14H14INO3. The van der Waals surface area contributed by atoms with Crippen LogP contribution < -0.4 is 4.90 Å². The third kappa shape index (κ3) is 2.41. The van der Waals surface area contributed by atoms with Crippen molar-refractivity contribution in [1.29, 1.82) is 0 Å². The normalized spacial score (nSPS) is 27.3. The molecule has 2 aliphatic rings. The Morgan fingerprint density at radius 3 is 2.58 bits per heavy atom. The van der Waals surface area contributed by atoms with Crippen LogP contribution in [0, 0.1) is 9.49 Å². The maximum absolute atomic E-state index is 12.4. The highest BCUT2D eigenvalue weighted by atomic mass is 127. The molecule has 0 aliphatic carbocycles. The van der Waals surface area contributed by atoms with Gasteiger partial charge in [-0.2, -0.15) is 0 Å². The number of imide groups is 1. The number of ether oxygens (including phenoxy) is 1. The Morgan fingerprint density at radius 2 is 1.95 bits per heavy atom. The molecule has 2 fully saturated rings. The maximum atomic E-state index is 12.4. The summed E-state index contributed by atoms with van der Waals surface area (Å²) in [5.41, 5.74) is 0.663. The number of halogens is 1. The van der Waals surface area contributed by atoms with Crippen molar-refractivity contribution >= 4 is 40.1 Å². The number of carbonyl (C=O) groups is 2. The van der Waals surface area contributed by atoms with Crippen LogP contribution in [0.4, 0.5) is 5.69 Å². The molecule has 0 radical (unpaired) electrons. The van der Waals surface area contributed by atoms with Crippen molar-refractivity contribution in [3.63, 3.8) is 0 Å². The minimum Gasteiger partial charge on any atom is -0.377 e. The van der Waals surface area contributed by atoms with Gasteiger partial charge in [-0.05, 0) is 59.7 Å². The molecule has 0 spiro atoms. The van der Waals surface area contributed by atoms with Gasteiger partial charge in [0, 0.05) is 16.6 Å². The molecule has 5 heteroatoms. The van der Waals surface area contributed by atoms with Crippen molar-refractivity contribution in [1.82, 2.24) is 0 Å². The van der Waals surface area contributed by atoms with E-state index < -0.39 is 0 Å². The molecule has 1 aromatic rings. The third-order valence-corrected chi connectivity index (χ3v) is 4.40. The number of anilines is 1. The van der Waals surface area contributed by atoms with E-state index in [1.54, 1.807) is 0 Å². The monoisotopic (exact) mass is 371 g/mol. The summed E-state index contributed by atoms with van der Waals surface area (Å²) in [6.45, 7) is 0.701. The Balaban J connectivity index is 1.84. The van der Waals surface area contributed by atoms with Crippen LogP contribution in [0.25, 0.3) is 0 Å². The molecule has 3 rings (SSSR count). The van der Waals surface area contributed by atoms with Gasteiger partial charge in [-0.25, -0.2) is 0 Å². The Hall–Kier alpha value is -0.950. The van der Waals surface area contributed by atoms with E-state index in [1.807, 2.05) is 24.3 Å². The summed E-state index contributed by atoms with van der Waals surface area (Å²) >= 11 is 2.20. The largest absolute Gasteiger partial charge is 0.377 e. The van der Waals surface area contributed by atoms with E-state index in [1.165, 1.54) is 4.90 Å². The van der Waals surface area contributed by atoms with Gasteiger partial charge in [0.05, 0.1) is 17.7 Å². The zero-order valence-electron chi connectivity index (χ0n) is 10.3. The molecule has 2 heterocycles. The molecule has 2 saturated heterocycles. The van der Waals surface area contributed by atoms with Crippen LogP contribution in [-0.4, -0.2) is 24.5 Å². The molecule has 2 aliphatic heterocycles. The van der Waals surface area contributed by atoms with E-state index in [4.69, 9.17) is 4.74 Å². The molecule has 100 valence electrons. The molecule has 0 bridgehead atoms. The molecular weight excluding hydrogens is 357 g/mol. The first-order chi connectivity index (χ1) is 9.16. The van der Waals surface area contributed by atoms with E-state index >= 15 is 0 Å². The van der Waals surface area contributed by atoms with Crippen molar-refractivity contribution in [2.75, 3.05) is 11.5 Å². The summed E-state index contributed by atoms with van der Waals surface area (Å²) in [4.78, 5) is 25.8. The minimum absolute atomic E-state index is 0.0784. The van der Waals surface area contributed by atoms with Crippen molar-refractivity contribution in [3.8, 4) is 0 Å². The van der Waals surface area contributed by atoms with Crippen molar-refractivity contribution in [2.24, 2.45) is 5.92 Å². The Bertz CT molecular complexity index is 508. The van der Waals surface area contributed by atoms with Crippen molar-refractivity contribution in [2.45, 2.75) is 25.4 Å². The van der Waals surface area contributed by atoms with Gasteiger partial charge in [0.2, 0.25) is 11.8 Å². The summed E-state index contributed by atoms with van der Waals surface area (Å²) < 4.78 is 6.64. The number of carbonyl (C=O) groups excluding carboxylic acids is 2. The van der Waals surface area contributed by atoms with Gasteiger partial charge in [-0.1, -0.05) is 0 Å². The highest BCUT2D eigenvalue weighted by Crippen LogP contribution is 2.33. The Labute approximate surface area is 125 Å². The SMILES string of the molecule is O=C1CC(C2CCCO2)C(=O)N1c1ccc(I)cc1. The summed E-state index contributed by atoms with van der Waals surface area (Å²) in [5, 5.41) is 0. The Morgan fingerprint density at radius 1 is 1.21 bits per heavy atom. The van der Waals surface area contributed by atoms with Crippen LogP contribution in [0.15, 0.2) is 24.3 Å². The number of rotatable bonds is 2. The van der Waals surface area contributed by atoms with E-state index in [0.29, 0.717) is 12.3 Å². The lowest BCUT2D eigenvalue weighted by atomic mass is 9.98. The van der Waals surface area contributed by atoms with Crippen LogP contribution in [0.2, 0.25) is 0 Å². The highest BCUT2D eigenvalue weighted by Gasteiger charge is 2.44. The highest BCUT2D eigenvalue weighted by molar-refractivity contribution is 14.1. The third-order valence-electron chi connectivity index (χ3n) is 3.68. The molecule has 0 saturated carbocycles. The summed E-state index contributed by atoms with van der Waals surface area (Å²) in [6.07, 6.45) is 2.05. The average Bonchev–Trinajstić information content (AvgIpc) is 3.00. The van der Waals surface area contributed by atoms with Gasteiger partial charge in [0.1, 0.15) is 0 Å². The van der Waals surface area contributed by atoms with Crippen LogP contribution in [0.1, 0.15) is 19.3 Å². The molecule has 19 heavy (non-hydrogen) atoms. The van der Waals surface area contributed by atoms with Gasteiger partial charge >= 0.3 is 0 Å². The van der Waals surface area contributed by atoms with Gasteiger partial charge in [-0.15, -0.1) is 0 Å². The smallest absolute Gasteiger partial charge is 0.240 e. The summed E-state index contributed by atoms with van der Waals surface area (Å²) in [6, 6.07) is 7.43. The van der Waals surface area contributed by atoms with E-state index in [9.17, 15) is 9.59 Å².